The van der Waals surface area contributed by atoms with Crippen molar-refractivity contribution in [3.05, 3.63) is 108 Å². The molecule has 0 bridgehead atoms. The maximum atomic E-state index is 13.6. The Labute approximate surface area is 229 Å². The number of amides is 1. The minimum Gasteiger partial charge on any atom is -0.505 e. The molecule has 0 fully saturated rings. The Morgan fingerprint density at radius 3 is 2.40 bits per heavy atom. The number of para-hydroxylation sites is 1. The van der Waals surface area contributed by atoms with Gasteiger partial charge in [-0.3, -0.25) is 10.2 Å². The molecule has 0 radical (unpaired) electrons. The molecule has 6 rings (SSSR count). The van der Waals surface area contributed by atoms with Crippen molar-refractivity contribution in [2.45, 2.75) is 13.8 Å². The quantitative estimate of drug-likeness (QED) is 0.208. The molecule has 4 aromatic carbocycles. The van der Waals surface area contributed by atoms with Crippen molar-refractivity contribution in [2.24, 2.45) is 10.2 Å². The number of aromatic nitrogens is 4. The largest absolute Gasteiger partial charge is 0.505 e. The molecular weight excluding hydrogens is 504 g/mol. The number of nitrogens with one attached hydrogen (secondary N) is 2. The molecule has 1 aliphatic heterocycles. The van der Waals surface area contributed by atoms with Crippen molar-refractivity contribution in [1.29, 1.82) is 0 Å². The van der Waals surface area contributed by atoms with E-state index in [4.69, 9.17) is 0 Å². The Bertz CT molecular complexity index is 1780. The predicted molar refractivity (Wildman–Crippen MR) is 154 cm³/mol. The van der Waals surface area contributed by atoms with Gasteiger partial charge in [0.15, 0.2) is 11.5 Å². The molecular formula is C30H24N8O2. The van der Waals surface area contributed by atoms with Gasteiger partial charge in [0, 0.05) is 16.7 Å². The Morgan fingerprint density at radius 2 is 1.62 bits per heavy atom. The number of phenols is 1. The summed E-state index contributed by atoms with van der Waals surface area (Å²) in [7, 11) is 0. The van der Waals surface area contributed by atoms with Crippen LogP contribution < -0.4 is 10.4 Å². The number of carbonyl (C=O) groups is 1. The van der Waals surface area contributed by atoms with E-state index in [0.29, 0.717) is 28.5 Å². The van der Waals surface area contributed by atoms with E-state index in [1.165, 1.54) is 5.01 Å². The molecule has 0 unspecified atom stereocenters. The number of benzene rings is 4. The van der Waals surface area contributed by atoms with Gasteiger partial charge in [-0.1, -0.05) is 66.7 Å². The Morgan fingerprint density at radius 1 is 0.850 bits per heavy atom. The SMILES string of the molecule is Cc1ccc(N2N=C(c3ccccc3)/C(=N/Nc3cccc(-c4cccc(-c5nnn[nH]5)c4)c3O)C2=O)cc1C. The first-order valence-electron chi connectivity index (χ1n) is 12.6. The highest BCUT2D eigenvalue weighted by Gasteiger charge is 2.34. The zero-order chi connectivity index (χ0) is 27.6. The summed E-state index contributed by atoms with van der Waals surface area (Å²) in [6, 6.07) is 27.9. The van der Waals surface area contributed by atoms with Gasteiger partial charge >= 0.3 is 5.91 Å². The fourth-order valence-electron chi connectivity index (χ4n) is 4.42. The highest BCUT2D eigenvalue weighted by atomic mass is 16.3. The highest BCUT2D eigenvalue weighted by molar-refractivity contribution is 6.74. The summed E-state index contributed by atoms with van der Waals surface area (Å²) >= 11 is 0. The second kappa shape index (κ2) is 10.3. The summed E-state index contributed by atoms with van der Waals surface area (Å²) in [5.74, 6) is 0.121. The number of hydrazone groups is 2. The molecule has 1 aliphatic rings. The number of aryl methyl sites for hydroxylation is 2. The zero-order valence-corrected chi connectivity index (χ0v) is 21.7. The van der Waals surface area contributed by atoms with Gasteiger partial charge in [0.2, 0.25) is 0 Å². The number of phenolic OH excluding ortho intramolecular Hbond substituents is 1. The van der Waals surface area contributed by atoms with Crippen LogP contribution in [0.3, 0.4) is 0 Å². The van der Waals surface area contributed by atoms with E-state index in [9.17, 15) is 9.90 Å². The first-order chi connectivity index (χ1) is 19.5. The maximum Gasteiger partial charge on any atom is 0.301 e. The van der Waals surface area contributed by atoms with Gasteiger partial charge in [-0.2, -0.15) is 15.2 Å². The smallest absolute Gasteiger partial charge is 0.301 e. The van der Waals surface area contributed by atoms with Gasteiger partial charge in [-0.25, -0.2) is 5.10 Å². The molecule has 0 atom stereocenters. The number of hydrogen-bond acceptors (Lipinski definition) is 8. The third-order valence-electron chi connectivity index (χ3n) is 6.72. The van der Waals surface area contributed by atoms with Gasteiger partial charge in [0.25, 0.3) is 0 Å². The number of hydrogen-bond donors (Lipinski definition) is 3. The van der Waals surface area contributed by atoms with E-state index in [1.54, 1.807) is 18.2 Å². The predicted octanol–water partition coefficient (Wildman–Crippen LogP) is 5.08. The number of aromatic amines is 1. The van der Waals surface area contributed by atoms with Gasteiger partial charge in [-0.15, -0.1) is 5.10 Å². The first-order valence-corrected chi connectivity index (χ1v) is 12.6. The molecule has 3 N–H and O–H groups in total. The lowest BCUT2D eigenvalue weighted by molar-refractivity contribution is -0.112. The summed E-state index contributed by atoms with van der Waals surface area (Å²) in [6.07, 6.45) is 0. The molecule has 1 amide bonds. The van der Waals surface area contributed by atoms with Gasteiger partial charge in [-0.05, 0) is 65.2 Å². The van der Waals surface area contributed by atoms with E-state index in [2.05, 4.69) is 36.3 Å². The van der Waals surface area contributed by atoms with Crippen molar-refractivity contribution in [2.75, 3.05) is 10.4 Å². The third-order valence-corrected chi connectivity index (χ3v) is 6.72. The Kier molecular flexibility index (Phi) is 6.33. The van der Waals surface area contributed by atoms with Crippen LogP contribution >= 0.6 is 0 Å². The average molecular weight is 529 g/mol. The van der Waals surface area contributed by atoms with E-state index >= 15 is 0 Å². The van der Waals surface area contributed by atoms with Crippen LogP contribution in [0.1, 0.15) is 16.7 Å². The van der Waals surface area contributed by atoms with Crippen LogP contribution in [0.5, 0.6) is 5.75 Å². The van der Waals surface area contributed by atoms with Crippen LogP contribution in [-0.2, 0) is 4.79 Å². The van der Waals surface area contributed by atoms with Crippen LogP contribution in [0, 0.1) is 13.8 Å². The van der Waals surface area contributed by atoms with E-state index in [1.807, 2.05) is 86.6 Å². The molecule has 0 saturated heterocycles. The first kappa shape index (κ1) is 24.7. The molecule has 0 aliphatic carbocycles. The summed E-state index contributed by atoms with van der Waals surface area (Å²) in [5, 5.41) is 35.6. The lowest BCUT2D eigenvalue weighted by atomic mass is 10.0. The fraction of sp³-hybridized carbons (Fsp3) is 0.0667. The summed E-state index contributed by atoms with van der Waals surface area (Å²) < 4.78 is 0. The molecule has 2 heterocycles. The number of H-pyrrole nitrogens is 1. The molecule has 40 heavy (non-hydrogen) atoms. The molecule has 1 aromatic heterocycles. The molecule has 0 spiro atoms. The van der Waals surface area contributed by atoms with Crippen LogP contribution in [0.25, 0.3) is 22.5 Å². The number of carbonyl (C=O) groups excluding carboxylic acids is 1. The van der Waals surface area contributed by atoms with E-state index in [0.717, 1.165) is 27.8 Å². The molecule has 0 saturated carbocycles. The third kappa shape index (κ3) is 4.58. The topological polar surface area (TPSA) is 132 Å². The highest BCUT2D eigenvalue weighted by Crippen LogP contribution is 2.36. The molecule has 5 aromatic rings. The molecule has 10 heteroatoms. The molecule has 196 valence electrons. The monoisotopic (exact) mass is 528 g/mol. The average Bonchev–Trinajstić information content (AvgIpc) is 3.63. The van der Waals surface area contributed by atoms with Gasteiger partial charge in [0.1, 0.15) is 11.5 Å². The van der Waals surface area contributed by atoms with Crippen molar-refractivity contribution in [3.63, 3.8) is 0 Å². The van der Waals surface area contributed by atoms with Crippen LogP contribution in [-0.4, -0.2) is 43.1 Å². The number of rotatable bonds is 6. The number of aromatic hydroxyl groups is 1. The second-order valence-electron chi connectivity index (χ2n) is 9.30. The van der Waals surface area contributed by atoms with Gasteiger partial charge in [0.05, 0.1) is 11.4 Å². The number of tetrazole rings is 1. The van der Waals surface area contributed by atoms with Crippen molar-refractivity contribution in [1.82, 2.24) is 20.6 Å². The van der Waals surface area contributed by atoms with Crippen molar-refractivity contribution in [3.8, 4) is 28.3 Å². The minimum absolute atomic E-state index is 0.0191. The van der Waals surface area contributed by atoms with Crippen LogP contribution in [0.2, 0.25) is 0 Å². The standard InChI is InChI=1S/C30H24N8O2/c1-18-14-15-23(16-19(18)2)38-30(40)27(26(35-38)20-8-4-3-5-9-20)32-31-25-13-7-12-24(28(25)39)21-10-6-11-22(17-21)29-33-36-37-34-29/h3-17,31,39H,1-2H3,(H,33,34,36,37)/b32-27-. The van der Waals surface area contributed by atoms with E-state index < -0.39 is 0 Å². The van der Waals surface area contributed by atoms with Gasteiger partial charge < -0.3 is 5.11 Å². The number of anilines is 2. The Hall–Kier alpha value is -5.64. The second-order valence-corrected chi connectivity index (χ2v) is 9.30. The minimum atomic E-state index is -0.376. The summed E-state index contributed by atoms with van der Waals surface area (Å²) in [4.78, 5) is 13.6. The summed E-state index contributed by atoms with van der Waals surface area (Å²) in [6.45, 7) is 4.01. The van der Waals surface area contributed by atoms with Crippen LogP contribution in [0.4, 0.5) is 11.4 Å². The van der Waals surface area contributed by atoms with Crippen molar-refractivity contribution < 1.29 is 9.90 Å². The molecule has 10 nitrogen and oxygen atoms in total. The van der Waals surface area contributed by atoms with Crippen molar-refractivity contribution >= 4 is 28.7 Å². The number of nitrogens with zero attached hydrogens (tertiary/aromatic N) is 6. The lowest BCUT2D eigenvalue weighted by Gasteiger charge is -2.13. The lowest BCUT2D eigenvalue weighted by Crippen LogP contribution is -2.28. The fourth-order valence-corrected chi connectivity index (χ4v) is 4.42. The normalized spacial score (nSPS) is 14.1. The van der Waals surface area contributed by atoms with E-state index in [-0.39, 0.29) is 17.4 Å². The Balaban J connectivity index is 1.35. The van der Waals surface area contributed by atoms with Crippen LogP contribution in [0.15, 0.2) is 101 Å². The zero-order valence-electron chi connectivity index (χ0n) is 21.7. The maximum absolute atomic E-state index is 13.6. The summed E-state index contributed by atoms with van der Waals surface area (Å²) in [5.41, 5.74) is 9.48.